The lowest BCUT2D eigenvalue weighted by Gasteiger charge is -2.34. The van der Waals surface area contributed by atoms with E-state index in [1.54, 1.807) is 41.5 Å². The highest BCUT2D eigenvalue weighted by Crippen LogP contribution is 2.39. The number of carbonyl (C=O) groups excluding carboxylic acids is 2. The van der Waals surface area contributed by atoms with Crippen molar-refractivity contribution < 1.29 is 27.5 Å². The highest BCUT2D eigenvalue weighted by molar-refractivity contribution is 5.82. The lowest BCUT2D eigenvalue weighted by molar-refractivity contribution is -0.191. The van der Waals surface area contributed by atoms with E-state index >= 15 is 0 Å². The van der Waals surface area contributed by atoms with Crippen LogP contribution in [0.4, 0.5) is 18.0 Å². The average Bonchev–Trinajstić information content (AvgIpc) is 2.68. The summed E-state index contributed by atoms with van der Waals surface area (Å²) in [6.45, 7) is 8.96. The smallest absolute Gasteiger partial charge is 0.413 e. The first-order valence-electron chi connectivity index (χ1n) is 7.45. The molecule has 1 aliphatic rings. The quantitative estimate of drug-likeness (QED) is 0.799. The Balaban J connectivity index is 2.96. The van der Waals surface area contributed by atoms with Crippen LogP contribution in [0.25, 0.3) is 0 Å². The first-order chi connectivity index (χ1) is 10.1. The van der Waals surface area contributed by atoms with Gasteiger partial charge in [0, 0.05) is 12.0 Å². The topological polar surface area (TPSA) is 58.6 Å². The molecule has 0 saturated carbocycles. The number of hydrogen-bond donors (Lipinski definition) is 1. The minimum Gasteiger partial charge on any atom is -0.444 e. The number of carbonyl (C=O) groups is 2. The molecule has 1 unspecified atom stereocenters. The number of alkyl halides is 3. The van der Waals surface area contributed by atoms with Crippen molar-refractivity contribution >= 4 is 12.0 Å². The molecule has 0 aromatic carbocycles. The Morgan fingerprint density at radius 1 is 1.09 bits per heavy atom. The third kappa shape index (κ3) is 4.75. The molecule has 5 nitrogen and oxygen atoms in total. The van der Waals surface area contributed by atoms with Crippen LogP contribution in [-0.4, -0.2) is 47.3 Å². The molecular weight excluding hydrogens is 313 g/mol. The van der Waals surface area contributed by atoms with E-state index in [1.165, 1.54) is 0 Å². The summed E-state index contributed by atoms with van der Waals surface area (Å²) in [5.41, 5.74) is -4.17. The summed E-state index contributed by atoms with van der Waals surface area (Å²) >= 11 is 0. The maximum Gasteiger partial charge on any atom is 0.413 e. The molecule has 0 bridgehead atoms. The monoisotopic (exact) mass is 338 g/mol. The molecule has 0 aromatic rings. The predicted molar refractivity (Wildman–Crippen MR) is 78.8 cm³/mol. The van der Waals surface area contributed by atoms with Crippen molar-refractivity contribution in [1.29, 1.82) is 0 Å². The molecule has 1 atom stereocenters. The summed E-state index contributed by atoms with van der Waals surface area (Å²) in [4.78, 5) is 25.2. The number of nitrogens with zero attached hydrogens (tertiary/aromatic N) is 1. The normalized spacial score (nSPS) is 22.9. The van der Waals surface area contributed by atoms with E-state index in [-0.39, 0.29) is 12.5 Å². The number of amides is 2. The van der Waals surface area contributed by atoms with Gasteiger partial charge < -0.3 is 15.0 Å². The highest BCUT2D eigenvalue weighted by atomic mass is 19.4. The van der Waals surface area contributed by atoms with Crippen LogP contribution in [0.15, 0.2) is 0 Å². The molecule has 1 N–H and O–H groups in total. The minimum absolute atomic E-state index is 0.0641. The van der Waals surface area contributed by atoms with Gasteiger partial charge in [-0.15, -0.1) is 0 Å². The largest absolute Gasteiger partial charge is 0.444 e. The Hall–Kier alpha value is -1.47. The third-order valence-electron chi connectivity index (χ3n) is 3.48. The summed E-state index contributed by atoms with van der Waals surface area (Å²) in [5.74, 6) is -0.380. The zero-order valence-electron chi connectivity index (χ0n) is 14.4. The number of halogens is 3. The van der Waals surface area contributed by atoms with Crippen molar-refractivity contribution in [3.8, 4) is 0 Å². The molecule has 134 valence electrons. The van der Waals surface area contributed by atoms with Gasteiger partial charge >= 0.3 is 12.3 Å². The van der Waals surface area contributed by atoms with Gasteiger partial charge in [0.2, 0.25) is 5.91 Å². The van der Waals surface area contributed by atoms with Gasteiger partial charge in [-0.1, -0.05) is 20.8 Å². The van der Waals surface area contributed by atoms with E-state index in [2.05, 4.69) is 0 Å². The molecule has 1 saturated heterocycles. The van der Waals surface area contributed by atoms with Crippen LogP contribution < -0.4 is 5.32 Å². The van der Waals surface area contributed by atoms with Crippen molar-refractivity contribution in [2.45, 2.75) is 65.3 Å². The predicted octanol–water partition coefficient (Wildman–Crippen LogP) is 3.09. The summed E-state index contributed by atoms with van der Waals surface area (Å²) in [6, 6.07) is 0. The lowest BCUT2D eigenvalue weighted by Crippen LogP contribution is -2.61. The van der Waals surface area contributed by atoms with Crippen molar-refractivity contribution in [2.75, 3.05) is 13.1 Å². The molecule has 1 heterocycles. The van der Waals surface area contributed by atoms with Crippen LogP contribution in [0.2, 0.25) is 0 Å². The first kappa shape index (κ1) is 19.6. The molecule has 0 aliphatic carbocycles. The van der Waals surface area contributed by atoms with Gasteiger partial charge in [0.25, 0.3) is 0 Å². The molecule has 0 spiro atoms. The van der Waals surface area contributed by atoms with E-state index in [0.29, 0.717) is 0 Å². The Kier molecular flexibility index (Phi) is 4.99. The minimum atomic E-state index is -4.68. The van der Waals surface area contributed by atoms with Crippen LogP contribution in [0, 0.1) is 5.41 Å². The van der Waals surface area contributed by atoms with Gasteiger partial charge in [-0.2, -0.15) is 13.2 Å². The lowest BCUT2D eigenvalue weighted by atomic mass is 9.94. The number of alkyl carbamates (subject to hydrolysis) is 1. The van der Waals surface area contributed by atoms with Gasteiger partial charge in [-0.25, -0.2) is 4.79 Å². The van der Waals surface area contributed by atoms with Crippen molar-refractivity contribution in [3.63, 3.8) is 0 Å². The number of nitrogens with one attached hydrogen (secondary N) is 1. The number of ether oxygens (including phenoxy) is 1. The molecule has 1 fully saturated rings. The fraction of sp³-hybridized carbons (Fsp3) is 0.867. The second-order valence-electron chi connectivity index (χ2n) is 7.93. The average molecular weight is 338 g/mol. The van der Waals surface area contributed by atoms with Crippen LogP contribution in [0.5, 0.6) is 0 Å². The van der Waals surface area contributed by atoms with Gasteiger partial charge in [-0.3, -0.25) is 4.79 Å². The molecular formula is C15H25F3N2O3. The van der Waals surface area contributed by atoms with Crippen LogP contribution >= 0.6 is 0 Å². The van der Waals surface area contributed by atoms with Gasteiger partial charge in [0.15, 0.2) is 5.54 Å². The number of hydrogen-bond acceptors (Lipinski definition) is 3. The molecule has 23 heavy (non-hydrogen) atoms. The number of rotatable bonds is 1. The molecule has 1 aliphatic heterocycles. The Bertz CT molecular complexity index is 478. The van der Waals surface area contributed by atoms with E-state index in [4.69, 9.17) is 4.74 Å². The fourth-order valence-corrected chi connectivity index (χ4v) is 2.36. The Morgan fingerprint density at radius 3 is 2.00 bits per heavy atom. The maximum absolute atomic E-state index is 13.5. The van der Waals surface area contributed by atoms with Gasteiger partial charge in [0.1, 0.15) is 5.60 Å². The fourth-order valence-electron chi connectivity index (χ4n) is 2.36. The van der Waals surface area contributed by atoms with Gasteiger partial charge in [0.05, 0.1) is 6.54 Å². The highest BCUT2D eigenvalue weighted by Gasteiger charge is 2.60. The van der Waals surface area contributed by atoms with E-state index in [0.717, 1.165) is 4.90 Å². The molecule has 1 rings (SSSR count). The summed E-state index contributed by atoms with van der Waals surface area (Å²) in [6.07, 6.45) is -6.21. The second kappa shape index (κ2) is 5.87. The SMILES string of the molecule is CC(C)(C)OC(=O)NC1(C(F)(F)F)CCN(C(=O)C(C)(C)C)C1. The molecule has 2 amide bonds. The van der Waals surface area contributed by atoms with Crippen molar-refractivity contribution in [3.05, 3.63) is 0 Å². The van der Waals surface area contributed by atoms with E-state index < -0.39 is 41.8 Å². The summed E-state index contributed by atoms with van der Waals surface area (Å²) in [7, 11) is 0. The van der Waals surface area contributed by atoms with Gasteiger partial charge in [-0.05, 0) is 27.2 Å². The summed E-state index contributed by atoms with van der Waals surface area (Å²) in [5, 5.41) is 1.95. The van der Waals surface area contributed by atoms with Crippen molar-refractivity contribution in [2.24, 2.45) is 5.41 Å². The zero-order valence-corrected chi connectivity index (χ0v) is 14.4. The first-order valence-corrected chi connectivity index (χ1v) is 7.45. The number of likely N-dealkylation sites (tertiary alicyclic amines) is 1. The third-order valence-corrected chi connectivity index (χ3v) is 3.48. The molecule has 0 radical (unpaired) electrons. The summed E-state index contributed by atoms with van der Waals surface area (Å²) < 4.78 is 45.5. The molecule has 0 aromatic heterocycles. The maximum atomic E-state index is 13.5. The standard InChI is InChI=1S/C15H25F3N2O3/c1-12(2,3)10(21)20-8-7-14(9-20,15(16,17)18)19-11(22)23-13(4,5)6/h7-9H2,1-6H3,(H,19,22). The van der Waals surface area contributed by atoms with E-state index in [1.807, 2.05) is 5.32 Å². The second-order valence-corrected chi connectivity index (χ2v) is 7.93. The van der Waals surface area contributed by atoms with Crippen LogP contribution in [-0.2, 0) is 9.53 Å². The van der Waals surface area contributed by atoms with Crippen molar-refractivity contribution in [1.82, 2.24) is 10.2 Å². The van der Waals surface area contributed by atoms with Crippen LogP contribution in [0.1, 0.15) is 48.0 Å². The van der Waals surface area contributed by atoms with Crippen LogP contribution in [0.3, 0.4) is 0 Å². The van der Waals surface area contributed by atoms with E-state index in [9.17, 15) is 22.8 Å². The molecule has 8 heteroatoms. The Labute approximate surface area is 134 Å². The zero-order chi connectivity index (χ0) is 18.3. The Morgan fingerprint density at radius 2 is 1.61 bits per heavy atom.